The number of nitrogens with zero attached hydrogens (tertiary/aromatic N) is 2. The zero-order valence-corrected chi connectivity index (χ0v) is 23.0. The van der Waals surface area contributed by atoms with Crippen LogP contribution in [0.1, 0.15) is 37.9 Å². The first kappa shape index (κ1) is 32.6. The predicted octanol–water partition coefficient (Wildman–Crippen LogP) is -1.52. The molecule has 41 heavy (non-hydrogen) atoms. The van der Waals surface area contributed by atoms with Crippen LogP contribution in [0.4, 0.5) is 0 Å². The van der Waals surface area contributed by atoms with Gasteiger partial charge in [-0.05, 0) is 36.5 Å². The number of amides is 3. The van der Waals surface area contributed by atoms with E-state index >= 15 is 0 Å². The van der Waals surface area contributed by atoms with Crippen LogP contribution in [0.5, 0.6) is 5.75 Å². The summed E-state index contributed by atoms with van der Waals surface area (Å²) in [5, 5.41) is 26.9. The third-order valence-electron chi connectivity index (χ3n) is 6.15. The molecule has 0 fully saturated rings. The molecule has 1 heterocycles. The fourth-order valence-electron chi connectivity index (χ4n) is 3.89. The standard InChI is InChI=1S/C26H39N9O6/c1-14(2)21(24(39)33-19(25(40)41)4-3-9-31-26(28)29)35-23(38)20(10-15-5-7-17(36)8-6-15)34-22(37)18(27)11-16-12-30-13-32-16/h5-8,12-14,18-21,36H,3-4,9-11,27H2,1-2H3,(H,30,32)(H,33,39)(H,34,37)(H,35,38)(H,40,41)(H4,28,29,31). The highest BCUT2D eigenvalue weighted by atomic mass is 16.4. The topological polar surface area (TPSA) is 264 Å². The number of aliphatic imine (C=N–C) groups is 1. The smallest absolute Gasteiger partial charge is 0.326 e. The molecule has 224 valence electrons. The van der Waals surface area contributed by atoms with Gasteiger partial charge in [-0.25, -0.2) is 9.78 Å². The van der Waals surface area contributed by atoms with Crippen molar-refractivity contribution in [2.75, 3.05) is 6.54 Å². The van der Waals surface area contributed by atoms with Gasteiger partial charge in [0.05, 0.1) is 12.4 Å². The number of hydrogen-bond donors (Lipinski definition) is 9. The number of phenols is 1. The third-order valence-corrected chi connectivity index (χ3v) is 6.15. The summed E-state index contributed by atoms with van der Waals surface area (Å²) in [6.45, 7) is 3.56. The molecule has 12 N–H and O–H groups in total. The number of nitrogens with two attached hydrogens (primary N) is 3. The van der Waals surface area contributed by atoms with Gasteiger partial charge in [-0.2, -0.15) is 0 Å². The van der Waals surface area contributed by atoms with E-state index < -0.39 is 53.8 Å². The lowest BCUT2D eigenvalue weighted by atomic mass is 10.00. The molecular weight excluding hydrogens is 534 g/mol. The van der Waals surface area contributed by atoms with Gasteiger partial charge in [0.25, 0.3) is 0 Å². The van der Waals surface area contributed by atoms with Crippen molar-refractivity contribution in [1.29, 1.82) is 0 Å². The molecule has 15 heteroatoms. The van der Waals surface area contributed by atoms with Crippen LogP contribution in [0.15, 0.2) is 41.8 Å². The Kier molecular flexibility index (Phi) is 12.6. The first-order valence-corrected chi connectivity index (χ1v) is 13.1. The molecule has 4 atom stereocenters. The van der Waals surface area contributed by atoms with Crippen molar-refractivity contribution < 1.29 is 29.4 Å². The van der Waals surface area contributed by atoms with Gasteiger partial charge < -0.3 is 48.3 Å². The lowest BCUT2D eigenvalue weighted by Gasteiger charge is -2.27. The molecular formula is C26H39N9O6. The van der Waals surface area contributed by atoms with Crippen LogP contribution in [-0.2, 0) is 32.0 Å². The van der Waals surface area contributed by atoms with Crippen LogP contribution in [0.2, 0.25) is 0 Å². The molecule has 2 rings (SSSR count). The van der Waals surface area contributed by atoms with Gasteiger partial charge >= 0.3 is 5.97 Å². The molecule has 3 amide bonds. The molecule has 0 bridgehead atoms. The number of hydrogen-bond acceptors (Lipinski definition) is 8. The van der Waals surface area contributed by atoms with Crippen molar-refractivity contribution in [2.45, 2.75) is 63.7 Å². The largest absolute Gasteiger partial charge is 0.508 e. The minimum Gasteiger partial charge on any atom is -0.508 e. The average Bonchev–Trinajstić information content (AvgIpc) is 3.42. The summed E-state index contributed by atoms with van der Waals surface area (Å²) >= 11 is 0. The summed E-state index contributed by atoms with van der Waals surface area (Å²) in [4.78, 5) is 61.7. The summed E-state index contributed by atoms with van der Waals surface area (Å²) in [5.74, 6) is -3.75. The van der Waals surface area contributed by atoms with Gasteiger partial charge in [-0.3, -0.25) is 19.4 Å². The minimum atomic E-state index is -1.25. The summed E-state index contributed by atoms with van der Waals surface area (Å²) < 4.78 is 0. The number of guanidine groups is 1. The predicted molar refractivity (Wildman–Crippen MR) is 150 cm³/mol. The van der Waals surface area contributed by atoms with Crippen molar-refractivity contribution >= 4 is 29.7 Å². The van der Waals surface area contributed by atoms with E-state index in [1.54, 1.807) is 26.0 Å². The van der Waals surface area contributed by atoms with Crippen molar-refractivity contribution in [3.05, 3.63) is 48.0 Å². The number of benzene rings is 1. The second kappa shape index (κ2) is 15.8. The van der Waals surface area contributed by atoms with E-state index in [9.17, 15) is 29.4 Å². The number of aromatic amines is 1. The molecule has 4 unspecified atom stereocenters. The van der Waals surface area contributed by atoms with Gasteiger partial charge in [-0.1, -0.05) is 26.0 Å². The number of phenolic OH excluding ortho intramolecular Hbond substituents is 1. The van der Waals surface area contributed by atoms with E-state index in [1.807, 2.05) is 0 Å². The maximum atomic E-state index is 13.4. The lowest BCUT2D eigenvalue weighted by Crippen LogP contribution is -2.59. The third kappa shape index (κ3) is 11.2. The quantitative estimate of drug-likeness (QED) is 0.0635. The van der Waals surface area contributed by atoms with Crippen molar-refractivity contribution in [3.63, 3.8) is 0 Å². The van der Waals surface area contributed by atoms with E-state index in [4.69, 9.17) is 17.2 Å². The van der Waals surface area contributed by atoms with Gasteiger partial charge in [0.1, 0.15) is 23.9 Å². The first-order valence-electron chi connectivity index (χ1n) is 13.1. The fourth-order valence-corrected chi connectivity index (χ4v) is 3.89. The normalized spacial score (nSPS) is 13.9. The van der Waals surface area contributed by atoms with Crippen LogP contribution < -0.4 is 33.2 Å². The van der Waals surface area contributed by atoms with Crippen LogP contribution >= 0.6 is 0 Å². The SMILES string of the molecule is CC(C)C(NC(=O)C(Cc1ccc(O)cc1)NC(=O)C(N)Cc1cnc[nH]1)C(=O)NC(CCCN=C(N)N)C(=O)O. The second-order valence-electron chi connectivity index (χ2n) is 9.90. The van der Waals surface area contributed by atoms with Crippen LogP contribution in [0.25, 0.3) is 0 Å². The summed E-state index contributed by atoms with van der Waals surface area (Å²) in [6.07, 6.45) is 3.53. The maximum Gasteiger partial charge on any atom is 0.326 e. The number of carbonyl (C=O) groups excluding carboxylic acids is 3. The molecule has 0 aliphatic heterocycles. The Morgan fingerprint density at radius 2 is 1.63 bits per heavy atom. The summed E-state index contributed by atoms with van der Waals surface area (Å²) in [6, 6.07) is 1.60. The molecule has 15 nitrogen and oxygen atoms in total. The summed E-state index contributed by atoms with van der Waals surface area (Å²) in [7, 11) is 0. The Morgan fingerprint density at radius 1 is 0.976 bits per heavy atom. The van der Waals surface area contributed by atoms with Gasteiger partial charge in [0, 0.05) is 31.3 Å². The van der Waals surface area contributed by atoms with E-state index in [2.05, 4.69) is 30.9 Å². The lowest BCUT2D eigenvalue weighted by molar-refractivity contribution is -0.142. The fraction of sp³-hybridized carbons (Fsp3) is 0.462. The number of aliphatic carboxylic acids is 1. The average molecular weight is 574 g/mol. The number of nitrogens with one attached hydrogen (secondary N) is 4. The van der Waals surface area contributed by atoms with Crippen LogP contribution in [-0.4, -0.2) is 80.5 Å². The highest BCUT2D eigenvalue weighted by Gasteiger charge is 2.32. The van der Waals surface area contributed by atoms with Crippen molar-refractivity contribution in [1.82, 2.24) is 25.9 Å². The number of carboxylic acids is 1. The number of H-pyrrole nitrogens is 1. The van der Waals surface area contributed by atoms with Gasteiger partial charge in [-0.15, -0.1) is 0 Å². The molecule has 1 aromatic carbocycles. The van der Waals surface area contributed by atoms with E-state index in [-0.39, 0.29) is 37.5 Å². The Labute approximate surface area is 237 Å². The molecule has 0 saturated carbocycles. The van der Waals surface area contributed by atoms with E-state index in [0.717, 1.165) is 0 Å². The Balaban J connectivity index is 2.16. The molecule has 0 saturated heterocycles. The molecule has 1 aromatic heterocycles. The number of carbonyl (C=O) groups is 4. The Hall–Kier alpha value is -4.66. The molecule has 0 radical (unpaired) electrons. The van der Waals surface area contributed by atoms with Crippen molar-refractivity contribution in [3.8, 4) is 5.75 Å². The number of aromatic hydroxyl groups is 1. The van der Waals surface area contributed by atoms with Crippen LogP contribution in [0, 0.1) is 5.92 Å². The Bertz CT molecular complexity index is 1180. The minimum absolute atomic E-state index is 0.0307. The molecule has 0 aliphatic carbocycles. The van der Waals surface area contributed by atoms with Crippen molar-refractivity contribution in [2.24, 2.45) is 28.1 Å². The molecule has 0 aliphatic rings. The number of rotatable bonds is 16. The number of carboxylic acid groups (broad SMARTS) is 1. The number of imidazole rings is 1. The first-order chi connectivity index (χ1) is 19.4. The zero-order valence-electron chi connectivity index (χ0n) is 23.0. The highest BCUT2D eigenvalue weighted by molar-refractivity contribution is 5.94. The van der Waals surface area contributed by atoms with Crippen LogP contribution in [0.3, 0.4) is 0 Å². The monoisotopic (exact) mass is 573 g/mol. The Morgan fingerprint density at radius 3 is 2.20 bits per heavy atom. The molecule has 0 spiro atoms. The van der Waals surface area contributed by atoms with Gasteiger partial charge in [0.2, 0.25) is 17.7 Å². The summed E-state index contributed by atoms with van der Waals surface area (Å²) in [5.41, 5.74) is 17.9. The maximum absolute atomic E-state index is 13.4. The van der Waals surface area contributed by atoms with E-state index in [0.29, 0.717) is 17.7 Å². The second-order valence-corrected chi connectivity index (χ2v) is 9.90. The number of aromatic nitrogens is 2. The highest BCUT2D eigenvalue weighted by Crippen LogP contribution is 2.13. The molecule has 2 aromatic rings. The van der Waals surface area contributed by atoms with E-state index in [1.165, 1.54) is 24.7 Å². The zero-order chi connectivity index (χ0) is 30.5. The van der Waals surface area contributed by atoms with Gasteiger partial charge in [0.15, 0.2) is 5.96 Å².